The van der Waals surface area contributed by atoms with Crippen molar-refractivity contribution in [3.8, 4) is 11.5 Å². The summed E-state index contributed by atoms with van der Waals surface area (Å²) < 4.78 is 44.5. The second-order valence-corrected chi connectivity index (χ2v) is 9.36. The van der Waals surface area contributed by atoms with Gasteiger partial charge in [0.25, 0.3) is 0 Å². The van der Waals surface area contributed by atoms with E-state index in [1.165, 1.54) is 19.2 Å². The summed E-state index contributed by atoms with van der Waals surface area (Å²) in [6, 6.07) is 8.74. The van der Waals surface area contributed by atoms with Gasteiger partial charge in [0, 0.05) is 41.8 Å². The van der Waals surface area contributed by atoms with Crippen LogP contribution < -0.4 is 14.2 Å². The van der Waals surface area contributed by atoms with Crippen LogP contribution in [-0.2, 0) is 20.2 Å². The lowest BCUT2D eigenvalue weighted by molar-refractivity contribution is -0.386. The van der Waals surface area contributed by atoms with Crippen LogP contribution >= 0.6 is 11.6 Å². The van der Waals surface area contributed by atoms with Crippen LogP contribution in [0.4, 0.5) is 5.69 Å². The molecule has 0 atom stereocenters. The van der Waals surface area contributed by atoms with Crippen molar-refractivity contribution >= 4 is 27.3 Å². The molecule has 1 fully saturated rings. The fourth-order valence-electron chi connectivity index (χ4n) is 3.69. The number of nitro benzene ring substituents is 1. The van der Waals surface area contributed by atoms with Crippen LogP contribution in [0.1, 0.15) is 18.4 Å². The molecule has 2 aromatic rings. The van der Waals surface area contributed by atoms with Crippen LogP contribution in [0.15, 0.2) is 41.3 Å². The Balaban J connectivity index is 1.95. The number of hydrogen-bond acceptors (Lipinski definition) is 7. The number of halogens is 1. The first-order valence-corrected chi connectivity index (χ1v) is 11.3. The van der Waals surface area contributed by atoms with Gasteiger partial charge < -0.3 is 14.2 Å². The van der Waals surface area contributed by atoms with Crippen LogP contribution in [-0.4, -0.2) is 47.3 Å². The Morgan fingerprint density at radius 1 is 1.13 bits per heavy atom. The number of ether oxygens (including phenoxy) is 3. The van der Waals surface area contributed by atoms with Crippen molar-refractivity contribution < 1.29 is 27.6 Å². The van der Waals surface area contributed by atoms with Gasteiger partial charge in [-0.15, -0.1) is 0 Å². The van der Waals surface area contributed by atoms with Crippen molar-refractivity contribution in [1.82, 2.24) is 4.72 Å². The average Bonchev–Trinajstić information content (AvgIpc) is 2.78. The first kappa shape index (κ1) is 23.3. The first-order valence-electron chi connectivity index (χ1n) is 9.46. The zero-order chi connectivity index (χ0) is 22.6. The number of hydrogen-bond donors (Lipinski definition) is 1. The Morgan fingerprint density at radius 3 is 2.39 bits per heavy atom. The van der Waals surface area contributed by atoms with E-state index in [4.69, 9.17) is 25.8 Å². The fraction of sp³-hybridized carbons (Fsp3) is 0.400. The van der Waals surface area contributed by atoms with Gasteiger partial charge in [0.2, 0.25) is 10.0 Å². The molecule has 11 heteroatoms. The number of nitro groups is 1. The largest absolute Gasteiger partial charge is 0.496 e. The standard InChI is InChI=1S/C20H23ClN2O7S/c1-28-18-5-3-14(21)11-16(18)20(7-9-30-10-8-20)13-22-31(26,27)15-4-6-19(29-2)17(12-15)23(24)25/h3-6,11-12,22H,7-10,13H2,1-2H3. The number of methoxy groups -OCH3 is 2. The number of nitrogens with zero attached hydrogens (tertiary/aromatic N) is 1. The molecule has 1 aliphatic heterocycles. The Bertz CT molecular complexity index is 1070. The third-order valence-corrected chi connectivity index (χ3v) is 7.07. The summed E-state index contributed by atoms with van der Waals surface area (Å²) in [4.78, 5) is 10.4. The van der Waals surface area contributed by atoms with Gasteiger partial charge in [-0.25, -0.2) is 13.1 Å². The summed E-state index contributed by atoms with van der Waals surface area (Å²) in [7, 11) is -1.22. The number of sulfonamides is 1. The molecule has 0 bridgehead atoms. The Labute approximate surface area is 185 Å². The predicted octanol–water partition coefficient (Wildman–Crippen LogP) is 3.29. The summed E-state index contributed by atoms with van der Waals surface area (Å²) in [5.41, 5.74) is -0.253. The summed E-state index contributed by atoms with van der Waals surface area (Å²) in [6.45, 7) is 0.950. The highest BCUT2D eigenvalue weighted by Gasteiger charge is 2.38. The lowest BCUT2D eigenvalue weighted by atomic mass is 9.74. The summed E-state index contributed by atoms with van der Waals surface area (Å²) >= 11 is 6.22. The van der Waals surface area contributed by atoms with Crippen LogP contribution in [0, 0.1) is 10.1 Å². The van der Waals surface area contributed by atoms with E-state index in [9.17, 15) is 18.5 Å². The minimum absolute atomic E-state index is 0.0199. The normalized spacial score (nSPS) is 16.0. The zero-order valence-electron chi connectivity index (χ0n) is 17.1. The smallest absolute Gasteiger partial charge is 0.312 e. The number of rotatable bonds is 8. The predicted molar refractivity (Wildman–Crippen MR) is 115 cm³/mol. The molecule has 1 saturated heterocycles. The molecule has 0 spiro atoms. The second-order valence-electron chi connectivity index (χ2n) is 7.15. The zero-order valence-corrected chi connectivity index (χ0v) is 18.7. The summed E-state index contributed by atoms with van der Waals surface area (Å²) in [5, 5.41) is 11.8. The Hall–Kier alpha value is -2.40. The third kappa shape index (κ3) is 4.93. The molecule has 9 nitrogen and oxygen atoms in total. The molecule has 1 heterocycles. The number of benzene rings is 2. The molecule has 1 N–H and O–H groups in total. The maximum absolute atomic E-state index is 13.0. The molecule has 168 valence electrons. The second kappa shape index (κ2) is 9.39. The molecule has 3 rings (SSSR count). The molecule has 0 unspecified atom stereocenters. The van der Waals surface area contributed by atoms with E-state index < -0.39 is 26.0 Å². The first-order chi connectivity index (χ1) is 14.7. The molecule has 0 aromatic heterocycles. The van der Waals surface area contributed by atoms with Crippen molar-refractivity contribution in [3.63, 3.8) is 0 Å². The van der Waals surface area contributed by atoms with E-state index >= 15 is 0 Å². The fourth-order valence-corrected chi connectivity index (χ4v) is 5.01. The maximum Gasteiger partial charge on any atom is 0.312 e. The average molecular weight is 471 g/mol. The molecule has 0 aliphatic carbocycles. The summed E-state index contributed by atoms with van der Waals surface area (Å²) in [6.07, 6.45) is 1.10. The van der Waals surface area contributed by atoms with Crippen molar-refractivity contribution in [3.05, 3.63) is 57.1 Å². The molecule has 0 radical (unpaired) electrons. The molecule has 0 saturated carbocycles. The van der Waals surface area contributed by atoms with Crippen molar-refractivity contribution in [1.29, 1.82) is 0 Å². The minimum Gasteiger partial charge on any atom is -0.496 e. The highest BCUT2D eigenvalue weighted by atomic mass is 35.5. The van der Waals surface area contributed by atoms with E-state index in [0.29, 0.717) is 36.8 Å². The van der Waals surface area contributed by atoms with E-state index in [1.807, 2.05) is 0 Å². The van der Waals surface area contributed by atoms with Gasteiger partial charge in [0.1, 0.15) is 5.75 Å². The quantitative estimate of drug-likeness (QED) is 0.464. The number of nitrogens with one attached hydrogen (secondary N) is 1. The Morgan fingerprint density at radius 2 is 1.77 bits per heavy atom. The molecule has 1 aliphatic rings. The lowest BCUT2D eigenvalue weighted by Gasteiger charge is -2.38. The van der Waals surface area contributed by atoms with Crippen LogP contribution in [0.3, 0.4) is 0 Å². The van der Waals surface area contributed by atoms with Gasteiger partial charge in [-0.05, 0) is 43.2 Å². The molecular formula is C20H23ClN2O7S. The van der Waals surface area contributed by atoms with E-state index in [2.05, 4.69) is 4.72 Å². The van der Waals surface area contributed by atoms with E-state index in [-0.39, 0.29) is 17.2 Å². The maximum atomic E-state index is 13.0. The van der Waals surface area contributed by atoms with Gasteiger partial charge in [0.15, 0.2) is 5.75 Å². The van der Waals surface area contributed by atoms with Gasteiger partial charge in [0.05, 0.1) is 24.0 Å². The lowest BCUT2D eigenvalue weighted by Crippen LogP contribution is -2.44. The third-order valence-electron chi connectivity index (χ3n) is 5.44. The van der Waals surface area contributed by atoms with Crippen molar-refractivity contribution in [2.24, 2.45) is 0 Å². The highest BCUT2D eigenvalue weighted by Crippen LogP contribution is 2.41. The molecule has 2 aromatic carbocycles. The van der Waals surface area contributed by atoms with E-state index in [1.54, 1.807) is 25.3 Å². The SMILES string of the molecule is COc1ccc(S(=O)(=O)NCC2(c3cc(Cl)ccc3OC)CCOCC2)cc1[N+](=O)[O-]. The van der Waals surface area contributed by atoms with Gasteiger partial charge >= 0.3 is 5.69 Å². The van der Waals surface area contributed by atoms with Gasteiger partial charge in [-0.2, -0.15) is 0 Å². The van der Waals surface area contributed by atoms with Crippen molar-refractivity contribution in [2.75, 3.05) is 34.0 Å². The van der Waals surface area contributed by atoms with Gasteiger partial charge in [-0.3, -0.25) is 10.1 Å². The monoisotopic (exact) mass is 470 g/mol. The summed E-state index contributed by atoms with van der Waals surface area (Å²) in [5.74, 6) is 0.582. The highest BCUT2D eigenvalue weighted by molar-refractivity contribution is 7.89. The van der Waals surface area contributed by atoms with Crippen molar-refractivity contribution in [2.45, 2.75) is 23.2 Å². The van der Waals surface area contributed by atoms with Crippen LogP contribution in [0.2, 0.25) is 5.02 Å². The van der Waals surface area contributed by atoms with Crippen LogP contribution in [0.5, 0.6) is 11.5 Å². The van der Waals surface area contributed by atoms with Gasteiger partial charge in [-0.1, -0.05) is 11.6 Å². The van der Waals surface area contributed by atoms with Crippen LogP contribution in [0.25, 0.3) is 0 Å². The minimum atomic E-state index is -4.04. The topological polar surface area (TPSA) is 117 Å². The molecular weight excluding hydrogens is 448 g/mol. The molecule has 0 amide bonds. The Kier molecular flexibility index (Phi) is 7.05. The molecule has 31 heavy (non-hydrogen) atoms. The van der Waals surface area contributed by atoms with E-state index in [0.717, 1.165) is 11.6 Å².